The van der Waals surface area contributed by atoms with E-state index in [9.17, 15) is 5.11 Å². The summed E-state index contributed by atoms with van der Waals surface area (Å²) in [5.41, 5.74) is 2.64. The van der Waals surface area contributed by atoms with Crippen molar-refractivity contribution in [2.24, 2.45) is 5.16 Å². The van der Waals surface area contributed by atoms with Crippen LogP contribution in [-0.2, 0) is 16.1 Å². The fraction of sp³-hybridized carbons (Fsp3) is 0.458. The first kappa shape index (κ1) is 24.0. The summed E-state index contributed by atoms with van der Waals surface area (Å²) in [6.45, 7) is 8.05. The van der Waals surface area contributed by atoms with Crippen LogP contribution in [0, 0.1) is 0 Å². The Labute approximate surface area is 194 Å². The van der Waals surface area contributed by atoms with Crippen LogP contribution in [0.3, 0.4) is 0 Å². The molecule has 1 aliphatic heterocycles. The highest BCUT2D eigenvalue weighted by atomic mass is 35.5. The van der Waals surface area contributed by atoms with Crippen molar-refractivity contribution in [2.45, 2.75) is 51.5 Å². The second kappa shape index (κ2) is 10.8. The van der Waals surface area contributed by atoms with Crippen LogP contribution < -0.4 is 0 Å². The van der Waals surface area contributed by atoms with Gasteiger partial charge in [0.2, 0.25) is 0 Å². The van der Waals surface area contributed by atoms with Crippen LogP contribution in [0.15, 0.2) is 53.7 Å². The van der Waals surface area contributed by atoms with E-state index in [4.69, 9.17) is 32.8 Å². The number of rotatable bonds is 9. The van der Waals surface area contributed by atoms with Gasteiger partial charge >= 0.3 is 0 Å². The molecule has 0 unspecified atom stereocenters. The van der Waals surface area contributed by atoms with E-state index in [2.05, 4.69) is 22.2 Å². The predicted molar refractivity (Wildman–Crippen MR) is 126 cm³/mol. The first-order valence-corrected chi connectivity index (χ1v) is 11.2. The molecule has 0 fully saturated rings. The molecule has 0 radical (unpaired) electrons. The van der Waals surface area contributed by atoms with Crippen molar-refractivity contribution in [1.82, 2.24) is 4.90 Å². The smallest absolute Gasteiger partial charge is 0.145 e. The Morgan fingerprint density at radius 1 is 1.16 bits per heavy atom. The summed E-state index contributed by atoms with van der Waals surface area (Å²) >= 11 is 12.2. The van der Waals surface area contributed by atoms with Gasteiger partial charge < -0.3 is 14.7 Å². The lowest BCUT2D eigenvalue weighted by Crippen LogP contribution is -2.40. The molecule has 2 atom stereocenters. The van der Waals surface area contributed by atoms with Gasteiger partial charge in [0.05, 0.1) is 34.1 Å². The molecule has 0 aliphatic carbocycles. The molecule has 0 saturated heterocycles. The fourth-order valence-electron chi connectivity index (χ4n) is 3.40. The summed E-state index contributed by atoms with van der Waals surface area (Å²) < 4.78 is 5.75. The molecule has 168 valence electrons. The second-order valence-corrected chi connectivity index (χ2v) is 9.67. The molecule has 1 heterocycles. The van der Waals surface area contributed by atoms with Crippen LogP contribution >= 0.6 is 23.2 Å². The highest BCUT2D eigenvalue weighted by Gasteiger charge is 2.26. The van der Waals surface area contributed by atoms with Crippen LogP contribution in [0.1, 0.15) is 38.3 Å². The fourth-order valence-corrected chi connectivity index (χ4v) is 3.70. The zero-order valence-electron chi connectivity index (χ0n) is 18.2. The maximum atomic E-state index is 10.6. The number of aliphatic hydroxyl groups excluding tert-OH is 1. The summed E-state index contributed by atoms with van der Waals surface area (Å²) in [7, 11) is 0. The molecule has 2 aromatic carbocycles. The minimum atomic E-state index is -0.597. The number of benzene rings is 2. The third kappa shape index (κ3) is 7.78. The van der Waals surface area contributed by atoms with E-state index < -0.39 is 6.10 Å². The van der Waals surface area contributed by atoms with Crippen LogP contribution in [0.25, 0.3) is 0 Å². The Bertz CT molecular complexity index is 884. The van der Waals surface area contributed by atoms with Crippen molar-refractivity contribution >= 4 is 28.9 Å². The SMILES string of the molecule is CC(C)(C)OC[C@H](O)CN(Cc1ccccc1)C[C@@H]1CC(c2ccc(Cl)c(Cl)c2)=NO1. The Morgan fingerprint density at radius 2 is 1.90 bits per heavy atom. The Hall–Kier alpha value is -1.63. The van der Waals surface area contributed by atoms with E-state index in [1.54, 1.807) is 6.07 Å². The topological polar surface area (TPSA) is 54.3 Å². The highest BCUT2D eigenvalue weighted by molar-refractivity contribution is 6.42. The van der Waals surface area contributed by atoms with Crippen molar-refractivity contribution in [2.75, 3.05) is 19.7 Å². The van der Waals surface area contributed by atoms with Gasteiger partial charge in [-0.2, -0.15) is 0 Å². The highest BCUT2D eigenvalue weighted by Crippen LogP contribution is 2.26. The van der Waals surface area contributed by atoms with Crippen molar-refractivity contribution in [3.8, 4) is 0 Å². The molecule has 0 saturated carbocycles. The van der Waals surface area contributed by atoms with Gasteiger partial charge in [0, 0.05) is 31.6 Å². The molecule has 31 heavy (non-hydrogen) atoms. The Kier molecular flexibility index (Phi) is 8.36. The number of hydrogen-bond acceptors (Lipinski definition) is 5. The van der Waals surface area contributed by atoms with Gasteiger partial charge in [0.15, 0.2) is 0 Å². The largest absolute Gasteiger partial charge is 0.390 e. The number of aliphatic hydroxyl groups is 1. The van der Waals surface area contributed by atoms with Gasteiger partial charge in [-0.15, -0.1) is 0 Å². The van der Waals surface area contributed by atoms with Crippen LogP contribution in [-0.4, -0.2) is 53.2 Å². The van der Waals surface area contributed by atoms with E-state index in [-0.39, 0.29) is 18.3 Å². The molecule has 7 heteroatoms. The van der Waals surface area contributed by atoms with Gasteiger partial charge in [-0.05, 0) is 38.5 Å². The number of ether oxygens (including phenoxy) is 1. The lowest BCUT2D eigenvalue weighted by Gasteiger charge is -2.28. The molecule has 0 spiro atoms. The van der Waals surface area contributed by atoms with Gasteiger partial charge in [-0.25, -0.2) is 0 Å². The third-order valence-electron chi connectivity index (χ3n) is 4.87. The van der Waals surface area contributed by atoms with Crippen molar-refractivity contribution < 1.29 is 14.7 Å². The number of nitrogens with zero attached hydrogens (tertiary/aromatic N) is 2. The van der Waals surface area contributed by atoms with Crippen LogP contribution in [0.5, 0.6) is 0 Å². The molecule has 5 nitrogen and oxygen atoms in total. The molecule has 3 rings (SSSR count). The summed E-state index contributed by atoms with van der Waals surface area (Å²) in [5, 5.41) is 15.8. The zero-order valence-corrected chi connectivity index (χ0v) is 19.7. The van der Waals surface area contributed by atoms with E-state index >= 15 is 0 Å². The first-order chi connectivity index (χ1) is 14.7. The minimum absolute atomic E-state index is 0.107. The average molecular weight is 465 g/mol. The standard InChI is InChI=1S/C24H30Cl2N2O3/c1-24(2,3)30-16-19(29)14-28(13-17-7-5-4-6-8-17)15-20-12-23(27-31-20)18-9-10-21(25)22(26)11-18/h4-11,19-20,29H,12-16H2,1-3H3/t19-,20+/m1/s1. The Balaban J connectivity index is 1.62. The van der Waals surface area contributed by atoms with Gasteiger partial charge in [-0.3, -0.25) is 4.90 Å². The van der Waals surface area contributed by atoms with Gasteiger partial charge in [0.1, 0.15) is 6.10 Å². The van der Waals surface area contributed by atoms with Crippen LogP contribution in [0.4, 0.5) is 0 Å². The zero-order chi connectivity index (χ0) is 22.4. The molecule has 0 aromatic heterocycles. The molecule has 1 aliphatic rings. The molecular formula is C24H30Cl2N2O3. The maximum Gasteiger partial charge on any atom is 0.145 e. The van der Waals surface area contributed by atoms with E-state index in [1.165, 1.54) is 5.56 Å². The molecule has 2 aromatic rings. The van der Waals surface area contributed by atoms with E-state index in [1.807, 2.05) is 51.1 Å². The lowest BCUT2D eigenvalue weighted by atomic mass is 10.0. The number of hydrogen-bond donors (Lipinski definition) is 1. The summed E-state index contributed by atoms with van der Waals surface area (Å²) in [6.07, 6.45) is -0.0404. The normalized spacial score (nSPS) is 17.5. The third-order valence-corrected chi connectivity index (χ3v) is 5.61. The predicted octanol–water partition coefficient (Wildman–Crippen LogP) is 5.16. The van der Waals surface area contributed by atoms with E-state index in [0.717, 1.165) is 11.3 Å². The average Bonchev–Trinajstić information content (AvgIpc) is 3.17. The van der Waals surface area contributed by atoms with Gasteiger partial charge in [0.25, 0.3) is 0 Å². The second-order valence-electron chi connectivity index (χ2n) is 8.86. The van der Waals surface area contributed by atoms with Crippen molar-refractivity contribution in [3.63, 3.8) is 0 Å². The maximum absolute atomic E-state index is 10.6. The van der Waals surface area contributed by atoms with Crippen molar-refractivity contribution in [3.05, 3.63) is 69.7 Å². The minimum Gasteiger partial charge on any atom is -0.390 e. The van der Waals surface area contributed by atoms with Crippen molar-refractivity contribution in [1.29, 1.82) is 0 Å². The van der Waals surface area contributed by atoms with E-state index in [0.29, 0.717) is 36.1 Å². The summed E-state index contributed by atoms with van der Waals surface area (Å²) in [4.78, 5) is 7.90. The molecule has 1 N–H and O–H groups in total. The molecular weight excluding hydrogens is 435 g/mol. The Morgan fingerprint density at radius 3 is 2.58 bits per heavy atom. The number of halogens is 2. The quantitative estimate of drug-likeness (QED) is 0.556. The van der Waals surface area contributed by atoms with Crippen LogP contribution in [0.2, 0.25) is 10.0 Å². The summed E-state index contributed by atoms with van der Waals surface area (Å²) in [6, 6.07) is 15.7. The lowest BCUT2D eigenvalue weighted by molar-refractivity contribution is -0.0600. The van der Waals surface area contributed by atoms with Gasteiger partial charge in [-0.1, -0.05) is 64.8 Å². The number of oxime groups is 1. The summed E-state index contributed by atoms with van der Waals surface area (Å²) in [5.74, 6) is 0. The first-order valence-electron chi connectivity index (χ1n) is 10.5. The monoisotopic (exact) mass is 464 g/mol. The molecule has 0 bridgehead atoms. The molecule has 0 amide bonds.